The van der Waals surface area contributed by atoms with Crippen molar-refractivity contribution in [3.63, 3.8) is 0 Å². The minimum atomic E-state index is -0.779. The third-order valence-electron chi connectivity index (χ3n) is 5.51. The minimum absolute atomic E-state index is 0.140. The minimum Gasteiger partial charge on any atom is -0.487 e. The highest BCUT2D eigenvalue weighted by Gasteiger charge is 2.36. The van der Waals surface area contributed by atoms with Crippen molar-refractivity contribution in [2.24, 2.45) is 0 Å². The molecule has 1 saturated heterocycles. The topological polar surface area (TPSA) is 75.7 Å². The van der Waals surface area contributed by atoms with E-state index in [-0.39, 0.29) is 5.57 Å². The maximum atomic E-state index is 13.2. The van der Waals surface area contributed by atoms with Crippen LogP contribution in [0.2, 0.25) is 0 Å². The summed E-state index contributed by atoms with van der Waals surface area (Å²) in [7, 11) is 0. The molecule has 0 saturated carbocycles. The van der Waals surface area contributed by atoms with Gasteiger partial charge in [-0.25, -0.2) is 9.69 Å². The summed E-state index contributed by atoms with van der Waals surface area (Å²) in [5, 5.41) is 2.26. The molecule has 182 valence electrons. The van der Waals surface area contributed by atoms with E-state index in [0.717, 1.165) is 25.2 Å². The van der Waals surface area contributed by atoms with Gasteiger partial charge in [-0.1, -0.05) is 35.9 Å². The molecule has 4 rings (SSSR count). The van der Waals surface area contributed by atoms with E-state index in [1.807, 2.05) is 37.3 Å². The van der Waals surface area contributed by atoms with Crippen LogP contribution in [-0.4, -0.2) is 17.8 Å². The Labute approximate surface area is 231 Å². The Hall–Kier alpha value is -3.24. The molecule has 0 aliphatic carbocycles. The first-order valence-electron chi connectivity index (χ1n) is 11.1. The second kappa shape index (κ2) is 11.2. The number of anilines is 1. The summed E-state index contributed by atoms with van der Waals surface area (Å²) in [6.07, 6.45) is 3.75. The third-order valence-corrected chi connectivity index (χ3v) is 6.82. The van der Waals surface area contributed by atoms with Gasteiger partial charge in [0, 0.05) is 3.57 Å². The fourth-order valence-corrected chi connectivity index (χ4v) is 4.71. The molecule has 3 aromatic rings. The summed E-state index contributed by atoms with van der Waals surface area (Å²) in [4.78, 5) is 39.2. The van der Waals surface area contributed by atoms with Gasteiger partial charge in [-0.2, -0.15) is 0 Å². The maximum Gasteiger partial charge on any atom is 0.335 e. The number of hydrogen-bond acceptors (Lipinski definition) is 4. The summed E-state index contributed by atoms with van der Waals surface area (Å²) in [6.45, 7) is 6.12. The highest BCUT2D eigenvalue weighted by molar-refractivity contribution is 14.1. The van der Waals surface area contributed by atoms with Crippen LogP contribution >= 0.6 is 38.5 Å². The first-order valence-corrected chi connectivity index (χ1v) is 12.9. The van der Waals surface area contributed by atoms with Crippen molar-refractivity contribution in [1.29, 1.82) is 0 Å². The van der Waals surface area contributed by atoms with Gasteiger partial charge in [0.2, 0.25) is 0 Å². The smallest absolute Gasteiger partial charge is 0.335 e. The second-order valence-electron chi connectivity index (χ2n) is 8.19. The van der Waals surface area contributed by atoms with Crippen LogP contribution in [0.15, 0.2) is 83.4 Å². The van der Waals surface area contributed by atoms with Gasteiger partial charge in [0.15, 0.2) is 0 Å². The SMILES string of the molecule is C=CCc1cc(/C=C2\C(=O)NC(=O)N(c3ccc(C)cc3)C2=O)cc(Br)c1OCc1ccc(I)cc1. The average molecular weight is 657 g/mol. The van der Waals surface area contributed by atoms with E-state index in [2.05, 4.69) is 50.4 Å². The standard InChI is InChI=1S/C28H22BrIN2O4/c1-3-4-20-13-19(15-24(29)25(20)36-16-18-7-9-21(30)10-8-18)14-23-26(33)31-28(35)32(27(23)34)22-11-5-17(2)6-12-22/h3,5-15H,1,4,16H2,2H3,(H,31,33,35)/b23-14+. The molecular weight excluding hydrogens is 635 g/mol. The van der Waals surface area contributed by atoms with Crippen molar-refractivity contribution in [2.45, 2.75) is 20.0 Å². The zero-order chi connectivity index (χ0) is 25.8. The summed E-state index contributed by atoms with van der Waals surface area (Å²) in [5.41, 5.74) is 3.71. The summed E-state index contributed by atoms with van der Waals surface area (Å²) in [6, 6.07) is 17.8. The van der Waals surface area contributed by atoms with Gasteiger partial charge in [-0.15, -0.1) is 6.58 Å². The number of ether oxygens (including phenoxy) is 1. The lowest BCUT2D eigenvalue weighted by molar-refractivity contribution is -0.122. The molecule has 8 heteroatoms. The van der Waals surface area contributed by atoms with Crippen molar-refractivity contribution >= 4 is 68.1 Å². The number of hydrogen-bond donors (Lipinski definition) is 1. The number of nitrogens with one attached hydrogen (secondary N) is 1. The number of allylic oxidation sites excluding steroid dienone is 1. The number of benzene rings is 3. The molecule has 1 fully saturated rings. The van der Waals surface area contributed by atoms with E-state index in [1.165, 1.54) is 6.08 Å². The van der Waals surface area contributed by atoms with Crippen molar-refractivity contribution in [2.75, 3.05) is 4.90 Å². The highest BCUT2D eigenvalue weighted by Crippen LogP contribution is 2.33. The van der Waals surface area contributed by atoms with Gasteiger partial charge in [0.25, 0.3) is 11.8 Å². The first kappa shape index (κ1) is 25.8. The van der Waals surface area contributed by atoms with Gasteiger partial charge in [-0.05, 0) is 111 Å². The third kappa shape index (κ3) is 5.76. The molecule has 6 nitrogen and oxygen atoms in total. The molecule has 36 heavy (non-hydrogen) atoms. The van der Waals surface area contributed by atoms with E-state index in [4.69, 9.17) is 4.74 Å². The number of amides is 4. The lowest BCUT2D eigenvalue weighted by atomic mass is 10.0. The quantitative estimate of drug-likeness (QED) is 0.140. The Balaban J connectivity index is 1.65. The molecule has 1 N–H and O–H groups in total. The van der Waals surface area contributed by atoms with Crippen LogP contribution < -0.4 is 15.0 Å². The molecule has 1 aliphatic rings. The lowest BCUT2D eigenvalue weighted by Gasteiger charge is -2.26. The van der Waals surface area contributed by atoms with Crippen molar-refractivity contribution in [1.82, 2.24) is 5.32 Å². The molecule has 4 amide bonds. The van der Waals surface area contributed by atoms with Gasteiger partial charge in [0.1, 0.15) is 17.9 Å². The highest BCUT2D eigenvalue weighted by atomic mass is 127. The molecule has 0 bridgehead atoms. The molecule has 0 unspecified atom stereocenters. The molecule has 0 radical (unpaired) electrons. The Bertz CT molecular complexity index is 1380. The predicted molar refractivity (Wildman–Crippen MR) is 152 cm³/mol. The maximum absolute atomic E-state index is 13.2. The zero-order valence-electron chi connectivity index (χ0n) is 19.4. The van der Waals surface area contributed by atoms with Gasteiger partial charge >= 0.3 is 6.03 Å². The predicted octanol–water partition coefficient (Wildman–Crippen LogP) is 6.34. The normalized spacial score (nSPS) is 14.7. The monoisotopic (exact) mass is 656 g/mol. The van der Waals surface area contributed by atoms with Crippen LogP contribution in [0.1, 0.15) is 22.3 Å². The fourth-order valence-electron chi connectivity index (χ4n) is 3.71. The van der Waals surface area contributed by atoms with E-state index in [9.17, 15) is 14.4 Å². The number of rotatable bonds is 7. The first-order chi connectivity index (χ1) is 17.3. The molecule has 1 heterocycles. The summed E-state index contributed by atoms with van der Waals surface area (Å²) >= 11 is 5.83. The summed E-state index contributed by atoms with van der Waals surface area (Å²) in [5.74, 6) is -0.770. The van der Waals surface area contributed by atoms with Crippen LogP contribution in [-0.2, 0) is 22.6 Å². The Morgan fingerprint density at radius 3 is 2.42 bits per heavy atom. The molecule has 0 atom stereocenters. The Kier molecular flexibility index (Phi) is 8.05. The fraction of sp³-hybridized carbons (Fsp3) is 0.107. The van der Waals surface area contributed by atoms with Gasteiger partial charge < -0.3 is 4.74 Å². The Morgan fingerprint density at radius 1 is 1.06 bits per heavy atom. The largest absolute Gasteiger partial charge is 0.487 e. The number of imide groups is 2. The van der Waals surface area contributed by atoms with Crippen molar-refractivity contribution < 1.29 is 19.1 Å². The molecular formula is C28H22BrIN2O4. The van der Waals surface area contributed by atoms with Crippen LogP contribution in [0, 0.1) is 10.5 Å². The molecule has 1 aliphatic heterocycles. The lowest BCUT2D eigenvalue weighted by Crippen LogP contribution is -2.54. The van der Waals surface area contributed by atoms with Crippen molar-refractivity contribution in [3.8, 4) is 5.75 Å². The van der Waals surface area contributed by atoms with Crippen molar-refractivity contribution in [3.05, 3.63) is 109 Å². The Morgan fingerprint density at radius 2 is 1.75 bits per heavy atom. The second-order valence-corrected chi connectivity index (χ2v) is 10.3. The van der Waals surface area contributed by atoms with Crippen LogP contribution in [0.4, 0.5) is 10.5 Å². The van der Waals surface area contributed by atoms with E-state index in [1.54, 1.807) is 36.4 Å². The number of nitrogens with zero attached hydrogens (tertiary/aromatic N) is 1. The van der Waals surface area contributed by atoms with E-state index >= 15 is 0 Å². The number of urea groups is 1. The number of aryl methyl sites for hydroxylation is 1. The molecule has 3 aromatic carbocycles. The van der Waals surface area contributed by atoms with E-state index in [0.29, 0.717) is 34.5 Å². The van der Waals surface area contributed by atoms with E-state index < -0.39 is 17.8 Å². The number of barbiturate groups is 1. The number of carbonyl (C=O) groups is 3. The van der Waals surface area contributed by atoms with Gasteiger partial charge in [0.05, 0.1) is 10.2 Å². The summed E-state index contributed by atoms with van der Waals surface area (Å²) < 4.78 is 7.94. The van der Waals surface area contributed by atoms with Gasteiger partial charge in [-0.3, -0.25) is 14.9 Å². The number of carbonyl (C=O) groups excluding carboxylic acids is 3. The molecule has 0 aromatic heterocycles. The zero-order valence-corrected chi connectivity index (χ0v) is 23.1. The molecule has 0 spiro atoms. The number of halogens is 2. The van der Waals surface area contributed by atoms with Crippen LogP contribution in [0.5, 0.6) is 5.75 Å². The van der Waals surface area contributed by atoms with Crippen LogP contribution in [0.3, 0.4) is 0 Å². The average Bonchev–Trinajstić information content (AvgIpc) is 2.83. The van der Waals surface area contributed by atoms with Crippen LogP contribution in [0.25, 0.3) is 6.08 Å².